The van der Waals surface area contributed by atoms with E-state index in [0.29, 0.717) is 34.9 Å². The average Bonchev–Trinajstić information content (AvgIpc) is 3.68. The second-order valence-electron chi connectivity index (χ2n) is 8.63. The van der Waals surface area contributed by atoms with Gasteiger partial charge in [0.25, 0.3) is 5.91 Å². The molecule has 9 heteroatoms. The van der Waals surface area contributed by atoms with Crippen LogP contribution in [-0.4, -0.2) is 26.8 Å². The minimum Gasteiger partial charge on any atom is -0.467 e. The number of amides is 2. The highest BCUT2D eigenvalue weighted by Gasteiger charge is 2.36. The van der Waals surface area contributed by atoms with Gasteiger partial charge in [0.05, 0.1) is 18.3 Å². The SMILES string of the molecule is CCc1ccccc1N(C(=O)Cn1nnc2ccccc21)[C@H](C(=O)NCc1ccco1)c1ccc(C)o1. The number of carbonyl (C=O) groups is 2. The number of benzene rings is 2. The molecule has 0 aliphatic rings. The third-order valence-electron chi connectivity index (χ3n) is 6.16. The van der Waals surface area contributed by atoms with Crippen LogP contribution >= 0.6 is 0 Å². The number of hydrogen-bond donors (Lipinski definition) is 1. The molecule has 0 fully saturated rings. The van der Waals surface area contributed by atoms with Gasteiger partial charge in [0.15, 0.2) is 6.04 Å². The Morgan fingerprint density at radius 2 is 1.84 bits per heavy atom. The lowest BCUT2D eigenvalue weighted by Gasteiger charge is -2.31. The summed E-state index contributed by atoms with van der Waals surface area (Å²) in [5, 5.41) is 11.3. The van der Waals surface area contributed by atoms with E-state index in [1.165, 1.54) is 4.90 Å². The number of aromatic nitrogens is 3. The Balaban J connectivity index is 1.57. The molecule has 0 saturated heterocycles. The normalized spacial score (nSPS) is 11.9. The zero-order chi connectivity index (χ0) is 25.8. The summed E-state index contributed by atoms with van der Waals surface area (Å²) in [7, 11) is 0. The predicted octanol–water partition coefficient (Wildman–Crippen LogP) is 4.58. The van der Waals surface area contributed by atoms with Crippen LogP contribution in [0.4, 0.5) is 5.69 Å². The molecule has 0 radical (unpaired) electrons. The summed E-state index contributed by atoms with van der Waals surface area (Å²) < 4.78 is 12.8. The zero-order valence-electron chi connectivity index (χ0n) is 20.6. The van der Waals surface area contributed by atoms with E-state index >= 15 is 0 Å². The highest BCUT2D eigenvalue weighted by molar-refractivity contribution is 6.01. The number of furan rings is 2. The third-order valence-corrected chi connectivity index (χ3v) is 6.16. The van der Waals surface area contributed by atoms with Crippen molar-refractivity contribution in [2.24, 2.45) is 0 Å². The fourth-order valence-electron chi connectivity index (χ4n) is 4.36. The van der Waals surface area contributed by atoms with Gasteiger partial charge in [-0.3, -0.25) is 14.5 Å². The molecule has 9 nitrogen and oxygen atoms in total. The number of nitrogens with zero attached hydrogens (tertiary/aromatic N) is 4. The van der Waals surface area contributed by atoms with Crippen molar-refractivity contribution in [3.63, 3.8) is 0 Å². The van der Waals surface area contributed by atoms with E-state index in [4.69, 9.17) is 8.83 Å². The molecule has 37 heavy (non-hydrogen) atoms. The number of nitrogens with one attached hydrogen (secondary N) is 1. The lowest BCUT2D eigenvalue weighted by atomic mass is 10.1. The predicted molar refractivity (Wildman–Crippen MR) is 138 cm³/mol. The highest BCUT2D eigenvalue weighted by atomic mass is 16.3. The Hall–Kier alpha value is -4.66. The third kappa shape index (κ3) is 5.02. The summed E-state index contributed by atoms with van der Waals surface area (Å²) in [6.45, 7) is 3.87. The molecule has 0 bridgehead atoms. The van der Waals surface area contributed by atoms with E-state index in [0.717, 1.165) is 11.1 Å². The first kappa shape index (κ1) is 24.1. The maximum Gasteiger partial charge on any atom is 0.251 e. The van der Waals surface area contributed by atoms with Crippen molar-refractivity contribution in [1.82, 2.24) is 20.3 Å². The first-order valence-corrected chi connectivity index (χ1v) is 12.1. The molecule has 0 saturated carbocycles. The molecular weight excluding hydrogens is 470 g/mol. The van der Waals surface area contributed by atoms with Gasteiger partial charge in [-0.25, -0.2) is 4.68 Å². The first-order valence-electron chi connectivity index (χ1n) is 12.1. The molecule has 1 atom stereocenters. The Kier molecular flexibility index (Phi) is 6.85. The van der Waals surface area contributed by atoms with E-state index in [-0.39, 0.29) is 19.0 Å². The monoisotopic (exact) mass is 497 g/mol. The average molecular weight is 498 g/mol. The second-order valence-corrected chi connectivity index (χ2v) is 8.63. The molecule has 0 aliphatic heterocycles. The van der Waals surface area contributed by atoms with Crippen LogP contribution in [0.5, 0.6) is 0 Å². The second kappa shape index (κ2) is 10.5. The maximum absolute atomic E-state index is 14.1. The molecule has 5 rings (SSSR count). The van der Waals surface area contributed by atoms with Crippen molar-refractivity contribution in [3.8, 4) is 0 Å². The van der Waals surface area contributed by atoms with Crippen molar-refractivity contribution in [3.05, 3.63) is 102 Å². The molecule has 0 spiro atoms. The van der Waals surface area contributed by atoms with Crippen LogP contribution in [0.1, 0.15) is 35.8 Å². The van der Waals surface area contributed by atoms with Gasteiger partial charge < -0.3 is 14.2 Å². The van der Waals surface area contributed by atoms with Crippen LogP contribution < -0.4 is 10.2 Å². The smallest absolute Gasteiger partial charge is 0.251 e. The van der Waals surface area contributed by atoms with Crippen LogP contribution in [-0.2, 0) is 29.1 Å². The van der Waals surface area contributed by atoms with E-state index in [9.17, 15) is 9.59 Å². The summed E-state index contributed by atoms with van der Waals surface area (Å²) in [5.74, 6) is 0.871. The number of para-hydroxylation sites is 2. The molecule has 5 aromatic rings. The topological polar surface area (TPSA) is 106 Å². The summed E-state index contributed by atoms with van der Waals surface area (Å²) in [4.78, 5) is 29.3. The standard InChI is InChI=1S/C28H27N5O4/c1-3-20-9-4-6-12-23(20)33(26(34)18-32-24-13-7-5-11-22(24)30-31-32)27(25-15-14-19(2)37-25)28(35)29-17-21-10-8-16-36-21/h4-16,27H,3,17-18H2,1-2H3,(H,29,35)/t27-/m0/s1. The quantitative estimate of drug-likeness (QED) is 0.320. The largest absolute Gasteiger partial charge is 0.467 e. The van der Waals surface area contributed by atoms with Gasteiger partial charge in [-0.05, 0) is 61.4 Å². The van der Waals surface area contributed by atoms with Gasteiger partial charge in [0.1, 0.15) is 29.3 Å². The maximum atomic E-state index is 14.1. The Morgan fingerprint density at radius 3 is 2.59 bits per heavy atom. The number of hydrogen-bond acceptors (Lipinski definition) is 6. The van der Waals surface area contributed by atoms with Crippen molar-refractivity contribution in [2.75, 3.05) is 4.90 Å². The van der Waals surface area contributed by atoms with Crippen LogP contribution in [0.2, 0.25) is 0 Å². The number of fused-ring (bicyclic) bond motifs is 1. The molecule has 188 valence electrons. The minimum absolute atomic E-state index is 0.111. The number of aryl methyl sites for hydroxylation is 2. The Morgan fingerprint density at radius 1 is 1.03 bits per heavy atom. The molecule has 3 aromatic heterocycles. The molecule has 1 N–H and O–H groups in total. The Labute approximate surface area is 213 Å². The summed E-state index contributed by atoms with van der Waals surface area (Å²) in [5.41, 5.74) is 2.97. The van der Waals surface area contributed by atoms with Crippen molar-refractivity contribution in [2.45, 2.75) is 39.4 Å². The number of anilines is 1. The lowest BCUT2D eigenvalue weighted by Crippen LogP contribution is -2.45. The van der Waals surface area contributed by atoms with Crippen LogP contribution in [0.25, 0.3) is 11.0 Å². The van der Waals surface area contributed by atoms with Gasteiger partial charge in [-0.2, -0.15) is 0 Å². The van der Waals surface area contributed by atoms with Crippen molar-refractivity contribution < 1.29 is 18.4 Å². The molecule has 2 amide bonds. The minimum atomic E-state index is -1.06. The lowest BCUT2D eigenvalue weighted by molar-refractivity contribution is -0.127. The van der Waals surface area contributed by atoms with E-state index < -0.39 is 11.9 Å². The highest BCUT2D eigenvalue weighted by Crippen LogP contribution is 2.32. The van der Waals surface area contributed by atoms with Gasteiger partial charge >= 0.3 is 0 Å². The summed E-state index contributed by atoms with van der Waals surface area (Å²) in [6, 6.07) is 21.0. The van der Waals surface area contributed by atoms with Crippen LogP contribution in [0.15, 0.2) is 87.9 Å². The molecule has 0 unspecified atom stereocenters. The van der Waals surface area contributed by atoms with Crippen molar-refractivity contribution >= 4 is 28.5 Å². The molecular formula is C28H27N5O4. The van der Waals surface area contributed by atoms with Gasteiger partial charge in [-0.1, -0.05) is 42.5 Å². The van der Waals surface area contributed by atoms with Gasteiger partial charge in [0, 0.05) is 5.69 Å². The van der Waals surface area contributed by atoms with E-state index in [2.05, 4.69) is 15.6 Å². The number of rotatable bonds is 9. The molecule has 3 heterocycles. The molecule has 0 aliphatic carbocycles. The number of carbonyl (C=O) groups excluding carboxylic acids is 2. The fourth-order valence-corrected chi connectivity index (χ4v) is 4.36. The van der Waals surface area contributed by atoms with E-state index in [1.807, 2.05) is 55.5 Å². The van der Waals surface area contributed by atoms with Crippen LogP contribution in [0.3, 0.4) is 0 Å². The fraction of sp³-hybridized carbons (Fsp3) is 0.214. The zero-order valence-corrected chi connectivity index (χ0v) is 20.6. The summed E-state index contributed by atoms with van der Waals surface area (Å²) >= 11 is 0. The van der Waals surface area contributed by atoms with Crippen molar-refractivity contribution in [1.29, 1.82) is 0 Å². The molecule has 2 aromatic carbocycles. The summed E-state index contributed by atoms with van der Waals surface area (Å²) in [6.07, 6.45) is 2.22. The van der Waals surface area contributed by atoms with Crippen LogP contribution in [0, 0.1) is 6.92 Å². The first-order chi connectivity index (χ1) is 18.0. The Bertz CT molecular complexity index is 1520. The van der Waals surface area contributed by atoms with Gasteiger partial charge in [0.2, 0.25) is 5.91 Å². The van der Waals surface area contributed by atoms with E-state index in [1.54, 1.807) is 42.1 Å². The van der Waals surface area contributed by atoms with Gasteiger partial charge in [-0.15, -0.1) is 5.10 Å².